The molecule has 6 nitrogen and oxygen atoms in total. The summed E-state index contributed by atoms with van der Waals surface area (Å²) in [4.78, 5) is 26.2. The number of hydrogen-bond donors (Lipinski definition) is 1. The van der Waals surface area contributed by atoms with E-state index in [1.807, 2.05) is 18.9 Å². The zero-order valence-electron chi connectivity index (χ0n) is 16.5. The van der Waals surface area contributed by atoms with E-state index in [1.165, 1.54) is 6.07 Å². The van der Waals surface area contributed by atoms with E-state index in [0.29, 0.717) is 50.2 Å². The monoisotopic (exact) mass is 422 g/mol. The number of nitrogens with zero attached hydrogens (tertiary/aromatic N) is 2. The van der Waals surface area contributed by atoms with Crippen LogP contribution in [0.25, 0.3) is 0 Å². The molecule has 1 atom stereocenters. The van der Waals surface area contributed by atoms with E-state index in [4.69, 9.17) is 16.3 Å². The number of rotatable bonds is 7. The molecule has 1 aliphatic heterocycles. The zero-order valence-corrected chi connectivity index (χ0v) is 17.2. The summed E-state index contributed by atoms with van der Waals surface area (Å²) >= 11 is 5.84. The Balaban J connectivity index is 1.86. The fraction of sp³-hybridized carbons (Fsp3) is 0.429. The SMILES string of the molecule is CCC1COCc2c1c(=O)c(O)c(C=O)n2CCN(C)Cc1ccc(F)c(Cl)c1. The third kappa shape index (κ3) is 4.37. The molecule has 0 amide bonds. The second-order valence-corrected chi connectivity index (χ2v) is 7.71. The molecule has 3 rings (SSSR count). The summed E-state index contributed by atoms with van der Waals surface area (Å²) in [6.07, 6.45) is 1.21. The van der Waals surface area contributed by atoms with Crippen molar-refractivity contribution in [2.75, 3.05) is 20.2 Å². The van der Waals surface area contributed by atoms with E-state index in [-0.39, 0.29) is 23.2 Å². The third-order valence-corrected chi connectivity index (χ3v) is 5.63. The summed E-state index contributed by atoms with van der Waals surface area (Å²) in [5, 5.41) is 10.4. The van der Waals surface area contributed by atoms with Gasteiger partial charge in [-0.15, -0.1) is 0 Å². The van der Waals surface area contributed by atoms with Crippen LogP contribution in [-0.4, -0.2) is 41.1 Å². The Morgan fingerprint density at radius 2 is 2.21 bits per heavy atom. The molecule has 0 radical (unpaired) electrons. The standard InChI is InChI=1S/C21H24ClFN2O4/c1-3-14-11-29-12-18-19(14)21(28)20(27)17(10-26)25(18)7-6-24(2)9-13-4-5-16(23)15(22)8-13/h4-5,8,10,14,27H,3,6-7,9,11-12H2,1-2H3. The first-order chi connectivity index (χ1) is 13.9. The molecular weight excluding hydrogens is 399 g/mol. The van der Waals surface area contributed by atoms with Crippen LogP contribution in [0, 0.1) is 5.82 Å². The number of carbonyl (C=O) groups is 1. The van der Waals surface area contributed by atoms with Gasteiger partial charge in [0.1, 0.15) is 11.5 Å². The second kappa shape index (κ2) is 9.07. The van der Waals surface area contributed by atoms with Gasteiger partial charge < -0.3 is 19.3 Å². The highest BCUT2D eigenvalue weighted by atomic mass is 35.5. The van der Waals surface area contributed by atoms with E-state index in [0.717, 1.165) is 5.56 Å². The maximum atomic E-state index is 13.3. The Morgan fingerprint density at radius 1 is 1.45 bits per heavy atom. The molecule has 0 spiro atoms. The molecule has 0 saturated carbocycles. The van der Waals surface area contributed by atoms with Crippen molar-refractivity contribution in [2.45, 2.75) is 39.0 Å². The predicted molar refractivity (Wildman–Crippen MR) is 108 cm³/mol. The van der Waals surface area contributed by atoms with Crippen LogP contribution in [-0.2, 0) is 24.4 Å². The number of ether oxygens (including phenoxy) is 1. The lowest BCUT2D eigenvalue weighted by Crippen LogP contribution is -2.33. The van der Waals surface area contributed by atoms with E-state index < -0.39 is 17.0 Å². The van der Waals surface area contributed by atoms with Crippen LogP contribution in [0.15, 0.2) is 23.0 Å². The van der Waals surface area contributed by atoms with Crippen LogP contribution in [0.3, 0.4) is 0 Å². The number of aldehydes is 1. The summed E-state index contributed by atoms with van der Waals surface area (Å²) in [7, 11) is 1.89. The molecule has 0 bridgehead atoms. The first kappa shape index (κ1) is 21.5. The number of hydrogen-bond acceptors (Lipinski definition) is 5. The maximum absolute atomic E-state index is 13.3. The smallest absolute Gasteiger partial charge is 0.227 e. The average Bonchev–Trinajstić information content (AvgIpc) is 2.71. The lowest BCUT2D eigenvalue weighted by atomic mass is 9.92. The van der Waals surface area contributed by atoms with Crippen molar-refractivity contribution >= 4 is 17.9 Å². The Kier molecular flexibility index (Phi) is 6.72. The van der Waals surface area contributed by atoms with Crippen LogP contribution in [0.4, 0.5) is 4.39 Å². The average molecular weight is 423 g/mol. The number of aromatic nitrogens is 1. The number of carbonyl (C=O) groups excluding carboxylic acids is 1. The Bertz CT molecular complexity index is 976. The fourth-order valence-corrected chi connectivity index (χ4v) is 3.95. The minimum atomic E-state index is -0.507. The predicted octanol–water partition coefficient (Wildman–Crippen LogP) is 3.31. The number of halogens is 2. The molecule has 1 aliphatic rings. The summed E-state index contributed by atoms with van der Waals surface area (Å²) in [5.74, 6) is -1.08. The van der Waals surface area contributed by atoms with Crippen molar-refractivity contribution in [2.24, 2.45) is 0 Å². The lowest BCUT2D eigenvalue weighted by molar-refractivity contribution is 0.0813. The molecular formula is C21H24ClFN2O4. The van der Waals surface area contributed by atoms with Gasteiger partial charge in [-0.2, -0.15) is 0 Å². The molecule has 1 aromatic carbocycles. The van der Waals surface area contributed by atoms with Crippen molar-refractivity contribution in [1.29, 1.82) is 0 Å². The summed E-state index contributed by atoms with van der Waals surface area (Å²) in [6, 6.07) is 4.58. The quantitative estimate of drug-likeness (QED) is 0.693. The van der Waals surface area contributed by atoms with E-state index in [9.17, 15) is 19.1 Å². The largest absolute Gasteiger partial charge is 0.503 e. The van der Waals surface area contributed by atoms with Gasteiger partial charge in [0, 0.05) is 31.1 Å². The molecule has 1 aromatic heterocycles. The number of aromatic hydroxyl groups is 1. The summed E-state index contributed by atoms with van der Waals surface area (Å²) in [5.41, 5.74) is 1.52. The highest BCUT2D eigenvalue weighted by molar-refractivity contribution is 6.30. The minimum absolute atomic E-state index is 0.0349. The molecule has 29 heavy (non-hydrogen) atoms. The number of likely N-dealkylation sites (N-methyl/N-ethyl adjacent to an activating group) is 1. The Hall–Kier alpha value is -2.22. The van der Waals surface area contributed by atoms with Crippen molar-refractivity contribution in [3.63, 3.8) is 0 Å². The molecule has 2 heterocycles. The van der Waals surface area contributed by atoms with Crippen molar-refractivity contribution in [3.05, 3.63) is 61.8 Å². The van der Waals surface area contributed by atoms with Gasteiger partial charge in [-0.1, -0.05) is 24.6 Å². The van der Waals surface area contributed by atoms with Crippen LogP contribution in [0.2, 0.25) is 5.02 Å². The molecule has 156 valence electrons. The van der Waals surface area contributed by atoms with Crippen LogP contribution in [0.5, 0.6) is 5.75 Å². The van der Waals surface area contributed by atoms with Crippen molar-refractivity contribution in [3.8, 4) is 5.75 Å². The van der Waals surface area contributed by atoms with Gasteiger partial charge in [0.2, 0.25) is 5.43 Å². The van der Waals surface area contributed by atoms with Gasteiger partial charge in [0.05, 0.1) is 23.9 Å². The van der Waals surface area contributed by atoms with E-state index in [1.54, 1.807) is 16.7 Å². The third-order valence-electron chi connectivity index (χ3n) is 5.34. The summed E-state index contributed by atoms with van der Waals surface area (Å²) < 4.78 is 20.7. The molecule has 1 unspecified atom stereocenters. The van der Waals surface area contributed by atoms with Crippen LogP contribution >= 0.6 is 11.6 Å². The Morgan fingerprint density at radius 3 is 2.86 bits per heavy atom. The van der Waals surface area contributed by atoms with Gasteiger partial charge in [0.25, 0.3) is 0 Å². The number of benzene rings is 1. The van der Waals surface area contributed by atoms with Gasteiger partial charge in [0.15, 0.2) is 12.0 Å². The Labute approximate surface area is 173 Å². The van der Waals surface area contributed by atoms with Crippen molar-refractivity contribution in [1.82, 2.24) is 9.47 Å². The van der Waals surface area contributed by atoms with Crippen LogP contribution in [0.1, 0.15) is 46.6 Å². The number of fused-ring (bicyclic) bond motifs is 1. The van der Waals surface area contributed by atoms with Crippen molar-refractivity contribution < 1.29 is 19.0 Å². The lowest BCUT2D eigenvalue weighted by Gasteiger charge is -2.29. The molecule has 2 aromatic rings. The van der Waals surface area contributed by atoms with E-state index >= 15 is 0 Å². The first-order valence-corrected chi connectivity index (χ1v) is 9.89. The summed E-state index contributed by atoms with van der Waals surface area (Å²) in [6.45, 7) is 4.04. The second-order valence-electron chi connectivity index (χ2n) is 7.30. The highest BCUT2D eigenvalue weighted by Crippen LogP contribution is 2.29. The molecule has 0 aliphatic carbocycles. The van der Waals surface area contributed by atoms with E-state index in [2.05, 4.69) is 0 Å². The molecule has 1 N–H and O–H groups in total. The number of pyridine rings is 1. The van der Waals surface area contributed by atoms with Crippen LogP contribution < -0.4 is 5.43 Å². The highest BCUT2D eigenvalue weighted by Gasteiger charge is 2.29. The zero-order chi connectivity index (χ0) is 21.1. The topological polar surface area (TPSA) is 71.8 Å². The molecule has 0 fully saturated rings. The minimum Gasteiger partial charge on any atom is -0.503 e. The van der Waals surface area contributed by atoms with Gasteiger partial charge in [-0.05, 0) is 31.2 Å². The normalized spacial score (nSPS) is 16.1. The van der Waals surface area contributed by atoms with Gasteiger partial charge in [-0.25, -0.2) is 4.39 Å². The first-order valence-electron chi connectivity index (χ1n) is 9.51. The fourth-order valence-electron chi connectivity index (χ4n) is 3.75. The molecule has 0 saturated heterocycles. The maximum Gasteiger partial charge on any atom is 0.227 e. The van der Waals surface area contributed by atoms with Gasteiger partial charge >= 0.3 is 0 Å². The molecule has 8 heteroatoms. The van der Waals surface area contributed by atoms with Gasteiger partial charge in [-0.3, -0.25) is 9.59 Å².